The molecule has 0 bridgehead atoms. The van der Waals surface area contributed by atoms with Gasteiger partial charge in [0.1, 0.15) is 24.2 Å². The molecule has 144 valence electrons. The number of rotatable bonds is 4. The fraction of sp³-hybridized carbons (Fsp3) is 0.800. The predicted octanol–water partition coefficient (Wildman–Crippen LogP) is 1.57. The Morgan fingerprint density at radius 3 is 2.36 bits per heavy atom. The Kier molecular flexibility index (Phi) is 6.67. The van der Waals surface area contributed by atoms with Gasteiger partial charge in [-0.3, -0.25) is 9.59 Å². The normalized spacial score (nSPS) is 19.3. The van der Waals surface area contributed by atoms with E-state index >= 15 is 0 Å². The van der Waals surface area contributed by atoms with E-state index in [0.29, 0.717) is 6.42 Å². The zero-order chi connectivity index (χ0) is 19.4. The molecule has 1 aliphatic heterocycles. The minimum atomic E-state index is -4.52. The van der Waals surface area contributed by atoms with Gasteiger partial charge < -0.3 is 20.3 Å². The minimum absolute atomic E-state index is 0.239. The first-order valence-electron chi connectivity index (χ1n) is 7.94. The number of hydrogen-bond acceptors (Lipinski definition) is 4. The monoisotopic (exact) mass is 367 g/mol. The molecule has 1 fully saturated rings. The van der Waals surface area contributed by atoms with E-state index in [1.54, 1.807) is 26.1 Å². The molecule has 25 heavy (non-hydrogen) atoms. The molecule has 1 rings (SSSR count). The van der Waals surface area contributed by atoms with E-state index in [1.807, 2.05) is 0 Å². The number of hydrogen-bond donors (Lipinski definition) is 2. The second kappa shape index (κ2) is 7.92. The third-order valence-electron chi connectivity index (χ3n) is 3.41. The van der Waals surface area contributed by atoms with Gasteiger partial charge in [-0.15, -0.1) is 0 Å². The molecular weight excluding hydrogens is 343 g/mol. The summed E-state index contributed by atoms with van der Waals surface area (Å²) in [4.78, 5) is 37.2. The quantitative estimate of drug-likeness (QED) is 0.790. The standard InChI is InChI=1S/C15H24F3N3O4/c1-9(20-13(24)25-14(2,3)4)12(23)21-7-5-6-10(21)11(22)19-8-15(16,17)18/h9-10H,5-8H2,1-4H3,(H,19,22)(H,20,24)/t9-,10?/m1/s1. The van der Waals surface area contributed by atoms with Crippen molar-refractivity contribution < 1.29 is 32.3 Å². The SMILES string of the molecule is C[C@@H](NC(=O)OC(C)(C)C)C(=O)N1CCCC1C(=O)NCC(F)(F)F. The lowest BCUT2D eigenvalue weighted by Gasteiger charge is -2.28. The highest BCUT2D eigenvalue weighted by Gasteiger charge is 2.38. The summed E-state index contributed by atoms with van der Waals surface area (Å²) >= 11 is 0. The summed E-state index contributed by atoms with van der Waals surface area (Å²) in [6, 6.07) is -1.94. The molecule has 7 nitrogen and oxygen atoms in total. The number of alkyl carbamates (subject to hydrolysis) is 1. The Bertz CT molecular complexity index is 517. The molecule has 0 aromatic heterocycles. The van der Waals surface area contributed by atoms with Crippen LogP contribution in [0.3, 0.4) is 0 Å². The van der Waals surface area contributed by atoms with Gasteiger partial charge in [0.2, 0.25) is 11.8 Å². The Morgan fingerprint density at radius 1 is 1.24 bits per heavy atom. The number of nitrogens with one attached hydrogen (secondary N) is 2. The zero-order valence-corrected chi connectivity index (χ0v) is 14.7. The lowest BCUT2D eigenvalue weighted by molar-refractivity contribution is -0.145. The summed E-state index contributed by atoms with van der Waals surface area (Å²) in [5.41, 5.74) is -0.736. The molecule has 1 heterocycles. The number of likely N-dealkylation sites (tertiary alicyclic amines) is 1. The van der Waals surface area contributed by atoms with E-state index in [-0.39, 0.29) is 13.0 Å². The fourth-order valence-corrected chi connectivity index (χ4v) is 2.40. The van der Waals surface area contributed by atoms with E-state index < -0.39 is 48.3 Å². The molecule has 0 radical (unpaired) electrons. The molecule has 2 N–H and O–H groups in total. The molecule has 0 aromatic carbocycles. The maximum absolute atomic E-state index is 12.4. The number of carbonyl (C=O) groups excluding carboxylic acids is 3. The first kappa shape index (κ1) is 21.0. The third-order valence-corrected chi connectivity index (χ3v) is 3.41. The number of ether oxygens (including phenoxy) is 1. The van der Waals surface area contributed by atoms with Gasteiger partial charge in [-0.1, -0.05) is 0 Å². The van der Waals surface area contributed by atoms with Crippen LogP contribution >= 0.6 is 0 Å². The maximum atomic E-state index is 12.4. The van der Waals surface area contributed by atoms with Crippen LogP contribution < -0.4 is 10.6 Å². The van der Waals surface area contributed by atoms with Crippen molar-refractivity contribution in [1.29, 1.82) is 0 Å². The van der Waals surface area contributed by atoms with Crippen LogP contribution in [-0.2, 0) is 14.3 Å². The number of nitrogens with zero attached hydrogens (tertiary/aromatic N) is 1. The van der Waals surface area contributed by atoms with Gasteiger partial charge in [-0.25, -0.2) is 4.79 Å². The van der Waals surface area contributed by atoms with Crippen molar-refractivity contribution in [3.63, 3.8) is 0 Å². The van der Waals surface area contributed by atoms with E-state index in [0.717, 1.165) is 0 Å². The highest BCUT2D eigenvalue weighted by Crippen LogP contribution is 2.20. The Balaban J connectivity index is 2.63. The molecule has 3 amide bonds. The smallest absolute Gasteiger partial charge is 0.408 e. The summed E-state index contributed by atoms with van der Waals surface area (Å²) in [5.74, 6) is -1.40. The molecule has 0 spiro atoms. The Labute approximate surface area is 144 Å². The second-order valence-corrected chi connectivity index (χ2v) is 6.89. The highest BCUT2D eigenvalue weighted by atomic mass is 19.4. The number of carbonyl (C=O) groups is 3. The van der Waals surface area contributed by atoms with Crippen LogP contribution in [0.15, 0.2) is 0 Å². The van der Waals surface area contributed by atoms with Gasteiger partial charge in [0.25, 0.3) is 0 Å². The van der Waals surface area contributed by atoms with Gasteiger partial charge in [0.15, 0.2) is 0 Å². The molecule has 0 aliphatic carbocycles. The lowest BCUT2D eigenvalue weighted by atomic mass is 10.2. The average molecular weight is 367 g/mol. The van der Waals surface area contributed by atoms with Crippen LogP contribution in [-0.4, -0.2) is 59.8 Å². The molecule has 1 aliphatic rings. The topological polar surface area (TPSA) is 87.7 Å². The maximum Gasteiger partial charge on any atom is 0.408 e. The molecule has 0 aromatic rings. The van der Waals surface area contributed by atoms with Crippen LogP contribution in [0.2, 0.25) is 0 Å². The minimum Gasteiger partial charge on any atom is -0.444 e. The predicted molar refractivity (Wildman–Crippen MR) is 82.6 cm³/mol. The summed E-state index contributed by atoms with van der Waals surface area (Å²) < 4.78 is 41.7. The number of alkyl halides is 3. The van der Waals surface area contributed by atoms with Gasteiger partial charge in [-0.05, 0) is 40.5 Å². The third kappa shape index (κ3) is 7.18. The second-order valence-electron chi connectivity index (χ2n) is 6.89. The molecular formula is C15H24F3N3O4. The van der Waals surface area contributed by atoms with Crippen molar-refractivity contribution in [1.82, 2.24) is 15.5 Å². The van der Waals surface area contributed by atoms with Gasteiger partial charge in [-0.2, -0.15) is 13.2 Å². The molecule has 10 heteroatoms. The first-order valence-corrected chi connectivity index (χ1v) is 7.94. The Hall–Kier alpha value is -2.00. The average Bonchev–Trinajstić information content (AvgIpc) is 2.90. The largest absolute Gasteiger partial charge is 0.444 e. The van der Waals surface area contributed by atoms with Crippen LogP contribution in [0.25, 0.3) is 0 Å². The summed E-state index contributed by atoms with van der Waals surface area (Å²) in [6.07, 6.45) is -4.54. The molecule has 1 saturated heterocycles. The van der Waals surface area contributed by atoms with Crippen molar-refractivity contribution >= 4 is 17.9 Å². The van der Waals surface area contributed by atoms with Crippen molar-refractivity contribution in [3.05, 3.63) is 0 Å². The summed E-state index contributed by atoms with van der Waals surface area (Å²) in [7, 11) is 0. The van der Waals surface area contributed by atoms with Crippen LogP contribution in [0.4, 0.5) is 18.0 Å². The van der Waals surface area contributed by atoms with E-state index in [4.69, 9.17) is 4.74 Å². The lowest BCUT2D eigenvalue weighted by Crippen LogP contribution is -2.53. The number of halogens is 3. The first-order chi connectivity index (χ1) is 11.3. The zero-order valence-electron chi connectivity index (χ0n) is 14.7. The van der Waals surface area contributed by atoms with Crippen molar-refractivity contribution in [2.45, 2.75) is 64.4 Å². The van der Waals surface area contributed by atoms with Crippen LogP contribution in [0.5, 0.6) is 0 Å². The van der Waals surface area contributed by atoms with E-state index in [2.05, 4.69) is 5.32 Å². The summed E-state index contributed by atoms with van der Waals surface area (Å²) in [5, 5.41) is 4.16. The van der Waals surface area contributed by atoms with E-state index in [1.165, 1.54) is 11.8 Å². The van der Waals surface area contributed by atoms with Crippen molar-refractivity contribution in [2.75, 3.05) is 13.1 Å². The van der Waals surface area contributed by atoms with Crippen molar-refractivity contribution in [2.24, 2.45) is 0 Å². The van der Waals surface area contributed by atoms with Gasteiger partial charge in [0.05, 0.1) is 0 Å². The molecule has 0 saturated carbocycles. The van der Waals surface area contributed by atoms with Crippen LogP contribution in [0.1, 0.15) is 40.5 Å². The molecule has 1 unspecified atom stereocenters. The van der Waals surface area contributed by atoms with Gasteiger partial charge >= 0.3 is 12.3 Å². The van der Waals surface area contributed by atoms with E-state index in [9.17, 15) is 27.6 Å². The van der Waals surface area contributed by atoms with Gasteiger partial charge in [0, 0.05) is 6.54 Å². The van der Waals surface area contributed by atoms with Crippen LogP contribution in [0, 0.1) is 0 Å². The highest BCUT2D eigenvalue weighted by molar-refractivity contribution is 5.91. The fourth-order valence-electron chi connectivity index (χ4n) is 2.40. The molecule has 2 atom stereocenters. The number of amides is 3. The Morgan fingerprint density at radius 2 is 1.84 bits per heavy atom. The summed E-state index contributed by atoms with van der Waals surface area (Å²) in [6.45, 7) is 5.22. The van der Waals surface area contributed by atoms with Crippen molar-refractivity contribution in [3.8, 4) is 0 Å².